The smallest absolute Gasteiger partial charge is 0.266 e. The lowest BCUT2D eigenvalue weighted by Gasteiger charge is -2.29. The van der Waals surface area contributed by atoms with Crippen molar-refractivity contribution in [1.29, 1.82) is 0 Å². The minimum absolute atomic E-state index is 0.0482. The Bertz CT molecular complexity index is 678. The van der Waals surface area contributed by atoms with Crippen LogP contribution in [0.1, 0.15) is 33.1 Å². The van der Waals surface area contributed by atoms with Gasteiger partial charge in [-0.05, 0) is 25.5 Å². The molecule has 0 aromatic carbocycles. The number of amides is 1. The molecule has 0 atom stereocenters. The molecule has 0 radical (unpaired) electrons. The van der Waals surface area contributed by atoms with Gasteiger partial charge in [-0.3, -0.25) is 9.69 Å². The van der Waals surface area contributed by atoms with Gasteiger partial charge in [0.25, 0.3) is 5.91 Å². The predicted octanol–water partition coefficient (Wildman–Crippen LogP) is 2.58. The highest BCUT2D eigenvalue weighted by atomic mass is 32.1. The summed E-state index contributed by atoms with van der Waals surface area (Å²) >= 11 is 1.48. The maximum Gasteiger partial charge on any atom is 0.266 e. The van der Waals surface area contributed by atoms with Crippen molar-refractivity contribution >= 4 is 17.2 Å². The molecule has 1 aliphatic heterocycles. The molecule has 2 aromatic rings. The summed E-state index contributed by atoms with van der Waals surface area (Å²) < 4.78 is 10.9. The van der Waals surface area contributed by atoms with Crippen LogP contribution in [0.15, 0.2) is 22.8 Å². The Morgan fingerprint density at radius 2 is 2.20 bits per heavy atom. The Morgan fingerprint density at radius 1 is 1.40 bits per heavy atom. The summed E-state index contributed by atoms with van der Waals surface area (Å²) in [5.41, 5.74) is 0.892. The van der Waals surface area contributed by atoms with Crippen LogP contribution in [0.25, 0.3) is 0 Å². The molecular weight excluding hydrogens is 338 g/mol. The molecule has 0 N–H and O–H groups in total. The number of aryl methyl sites for hydroxylation is 2. The summed E-state index contributed by atoms with van der Waals surface area (Å²) in [6.45, 7) is 9.34. The van der Waals surface area contributed by atoms with Crippen LogP contribution >= 0.6 is 11.3 Å². The molecule has 136 valence electrons. The fraction of sp³-hybridized carbons (Fsp3) is 0.556. The SMILES string of the molecule is CCc1nc(C)sc1C(=O)N(CCN1CCOCC1)Cc1ccco1. The zero-order valence-corrected chi connectivity index (χ0v) is 15.7. The van der Waals surface area contributed by atoms with Gasteiger partial charge < -0.3 is 14.1 Å². The van der Waals surface area contributed by atoms with Crippen molar-refractivity contribution in [3.8, 4) is 0 Å². The van der Waals surface area contributed by atoms with Crippen molar-refractivity contribution in [2.75, 3.05) is 39.4 Å². The first-order chi connectivity index (χ1) is 12.2. The molecule has 0 saturated carbocycles. The second-order valence-electron chi connectivity index (χ2n) is 6.12. The maximum atomic E-state index is 13.1. The number of aromatic nitrogens is 1. The van der Waals surface area contributed by atoms with E-state index in [1.165, 1.54) is 11.3 Å². The van der Waals surface area contributed by atoms with Gasteiger partial charge in [0.1, 0.15) is 10.6 Å². The number of carbonyl (C=O) groups excluding carboxylic acids is 1. The molecule has 3 heterocycles. The standard InChI is InChI=1S/C18H25N3O3S/c1-3-16-17(25-14(2)19-16)18(22)21(13-15-5-4-10-24-15)7-6-20-8-11-23-12-9-20/h4-5,10H,3,6-9,11-13H2,1-2H3. The molecule has 7 heteroatoms. The van der Waals surface area contributed by atoms with Gasteiger partial charge in [-0.25, -0.2) is 4.98 Å². The molecule has 1 saturated heterocycles. The monoisotopic (exact) mass is 363 g/mol. The van der Waals surface area contributed by atoms with Crippen molar-refractivity contribution in [3.63, 3.8) is 0 Å². The van der Waals surface area contributed by atoms with E-state index in [2.05, 4.69) is 9.88 Å². The first-order valence-electron chi connectivity index (χ1n) is 8.75. The third kappa shape index (κ3) is 4.68. The van der Waals surface area contributed by atoms with Crippen molar-refractivity contribution in [2.45, 2.75) is 26.8 Å². The molecule has 0 unspecified atom stereocenters. The molecule has 1 aliphatic rings. The second kappa shape index (κ2) is 8.60. The van der Waals surface area contributed by atoms with Gasteiger partial charge in [0, 0.05) is 26.2 Å². The highest BCUT2D eigenvalue weighted by Gasteiger charge is 2.23. The van der Waals surface area contributed by atoms with E-state index in [9.17, 15) is 4.79 Å². The average molecular weight is 363 g/mol. The van der Waals surface area contributed by atoms with Crippen LogP contribution in [-0.2, 0) is 17.7 Å². The van der Waals surface area contributed by atoms with E-state index in [1.807, 2.05) is 30.9 Å². The number of ether oxygens (including phenoxy) is 1. The fourth-order valence-corrected chi connectivity index (χ4v) is 3.93. The number of rotatable bonds is 7. The number of thiazole rings is 1. The maximum absolute atomic E-state index is 13.1. The number of nitrogens with zero attached hydrogens (tertiary/aromatic N) is 3. The second-order valence-corrected chi connectivity index (χ2v) is 7.33. The summed E-state index contributed by atoms with van der Waals surface area (Å²) in [5, 5.41) is 0.936. The molecule has 6 nitrogen and oxygen atoms in total. The lowest BCUT2D eigenvalue weighted by Crippen LogP contribution is -2.42. The van der Waals surface area contributed by atoms with Gasteiger partial charge in [-0.2, -0.15) is 0 Å². The predicted molar refractivity (Wildman–Crippen MR) is 96.9 cm³/mol. The van der Waals surface area contributed by atoms with Gasteiger partial charge in [0.05, 0.1) is 36.7 Å². The van der Waals surface area contributed by atoms with E-state index >= 15 is 0 Å². The van der Waals surface area contributed by atoms with Crippen LogP contribution in [0, 0.1) is 6.92 Å². The summed E-state index contributed by atoms with van der Waals surface area (Å²) in [6, 6.07) is 3.77. The first kappa shape index (κ1) is 18.1. The molecule has 0 bridgehead atoms. The summed E-state index contributed by atoms with van der Waals surface area (Å²) in [6.07, 6.45) is 2.41. The van der Waals surface area contributed by atoms with Gasteiger partial charge in [0.2, 0.25) is 0 Å². The highest BCUT2D eigenvalue weighted by molar-refractivity contribution is 7.13. The molecule has 3 rings (SSSR count). The summed E-state index contributed by atoms with van der Waals surface area (Å²) in [7, 11) is 0. The third-order valence-corrected chi connectivity index (χ3v) is 5.34. The Kier molecular flexibility index (Phi) is 6.23. The van der Waals surface area contributed by atoms with Crippen molar-refractivity contribution in [2.24, 2.45) is 0 Å². The number of hydrogen-bond acceptors (Lipinski definition) is 6. The van der Waals surface area contributed by atoms with Crippen LogP contribution in [0.3, 0.4) is 0 Å². The van der Waals surface area contributed by atoms with Crippen LogP contribution in [0.4, 0.5) is 0 Å². The van der Waals surface area contributed by atoms with Crippen molar-refractivity contribution in [1.82, 2.24) is 14.8 Å². The lowest BCUT2D eigenvalue weighted by molar-refractivity contribution is 0.0317. The van der Waals surface area contributed by atoms with Crippen LogP contribution in [0.2, 0.25) is 0 Å². The van der Waals surface area contributed by atoms with E-state index in [0.717, 1.165) is 60.6 Å². The van der Waals surface area contributed by atoms with Gasteiger partial charge in [-0.1, -0.05) is 6.92 Å². The summed E-state index contributed by atoms with van der Waals surface area (Å²) in [4.78, 5) is 22.6. The molecular formula is C18H25N3O3S. The summed E-state index contributed by atoms with van der Waals surface area (Å²) in [5.74, 6) is 0.849. The third-order valence-electron chi connectivity index (χ3n) is 4.34. The quantitative estimate of drug-likeness (QED) is 0.757. The van der Waals surface area contributed by atoms with Gasteiger partial charge in [-0.15, -0.1) is 11.3 Å². The number of furan rings is 1. The molecule has 2 aromatic heterocycles. The Balaban J connectivity index is 1.73. The molecule has 1 fully saturated rings. The van der Waals surface area contributed by atoms with Crippen LogP contribution in [0.5, 0.6) is 0 Å². The van der Waals surface area contributed by atoms with E-state index in [0.29, 0.717) is 13.1 Å². The Hall–Kier alpha value is -1.70. The van der Waals surface area contributed by atoms with E-state index in [4.69, 9.17) is 9.15 Å². The van der Waals surface area contributed by atoms with Gasteiger partial charge >= 0.3 is 0 Å². The number of morpholine rings is 1. The minimum Gasteiger partial charge on any atom is -0.467 e. The fourth-order valence-electron chi connectivity index (χ4n) is 2.95. The Labute approximate surface area is 152 Å². The van der Waals surface area contributed by atoms with Gasteiger partial charge in [0.15, 0.2) is 0 Å². The zero-order chi connectivity index (χ0) is 17.6. The first-order valence-corrected chi connectivity index (χ1v) is 9.57. The largest absolute Gasteiger partial charge is 0.467 e. The van der Waals surface area contributed by atoms with Crippen molar-refractivity contribution in [3.05, 3.63) is 39.7 Å². The molecule has 1 amide bonds. The lowest BCUT2D eigenvalue weighted by atomic mass is 10.2. The normalized spacial score (nSPS) is 15.4. The topological polar surface area (TPSA) is 58.8 Å². The van der Waals surface area contributed by atoms with E-state index < -0.39 is 0 Å². The van der Waals surface area contributed by atoms with Crippen LogP contribution in [-0.4, -0.2) is 60.1 Å². The van der Waals surface area contributed by atoms with Crippen molar-refractivity contribution < 1.29 is 13.9 Å². The molecule has 0 spiro atoms. The van der Waals surface area contributed by atoms with Crippen LogP contribution < -0.4 is 0 Å². The number of carbonyl (C=O) groups is 1. The molecule has 25 heavy (non-hydrogen) atoms. The Morgan fingerprint density at radius 3 is 2.88 bits per heavy atom. The van der Waals surface area contributed by atoms with E-state index in [1.54, 1.807) is 6.26 Å². The van der Waals surface area contributed by atoms with E-state index in [-0.39, 0.29) is 5.91 Å². The highest BCUT2D eigenvalue weighted by Crippen LogP contribution is 2.22. The number of hydrogen-bond donors (Lipinski definition) is 0. The average Bonchev–Trinajstić information content (AvgIpc) is 3.28. The molecule has 0 aliphatic carbocycles. The zero-order valence-electron chi connectivity index (χ0n) is 14.9. The minimum atomic E-state index is 0.0482.